The van der Waals surface area contributed by atoms with Gasteiger partial charge in [-0.25, -0.2) is 4.39 Å². The number of fused-ring (bicyclic) bond motifs is 1. The highest BCUT2D eigenvalue weighted by molar-refractivity contribution is 5.91. The van der Waals surface area contributed by atoms with E-state index in [1.807, 2.05) is 24.3 Å². The molecule has 2 heterocycles. The zero-order chi connectivity index (χ0) is 19.7. The summed E-state index contributed by atoms with van der Waals surface area (Å²) in [5.74, 6) is 0.405. The number of benzene rings is 2. The van der Waals surface area contributed by atoms with E-state index in [1.165, 1.54) is 17.5 Å². The van der Waals surface area contributed by atoms with E-state index in [0.29, 0.717) is 22.9 Å². The van der Waals surface area contributed by atoms with Crippen molar-refractivity contribution in [2.45, 2.75) is 6.92 Å². The molecule has 0 bridgehead atoms. The van der Waals surface area contributed by atoms with E-state index in [-0.39, 0.29) is 5.91 Å². The van der Waals surface area contributed by atoms with Crippen LogP contribution in [-0.4, -0.2) is 32.8 Å². The van der Waals surface area contributed by atoms with Gasteiger partial charge in [-0.15, -0.1) is 15.3 Å². The Bertz CT molecular complexity index is 1170. The van der Waals surface area contributed by atoms with Gasteiger partial charge < -0.3 is 10.2 Å². The molecule has 0 spiro atoms. The predicted octanol–water partition coefficient (Wildman–Crippen LogP) is 3.66. The van der Waals surface area contributed by atoms with Gasteiger partial charge in [0.2, 0.25) is 5.91 Å². The zero-order valence-corrected chi connectivity index (χ0v) is 15.3. The third-order valence-corrected chi connectivity index (χ3v) is 4.36. The molecule has 1 amide bonds. The number of nitrogens with zero attached hydrogens (tertiary/aromatic N) is 5. The highest BCUT2D eigenvalue weighted by atomic mass is 19.1. The lowest BCUT2D eigenvalue weighted by atomic mass is 10.2. The van der Waals surface area contributed by atoms with Gasteiger partial charge in [-0.1, -0.05) is 18.2 Å². The Labute approximate surface area is 160 Å². The molecule has 140 valence electrons. The minimum Gasteiger partial charge on any atom is -0.339 e. The largest absolute Gasteiger partial charge is 0.339 e. The normalized spacial score (nSPS) is 10.8. The van der Waals surface area contributed by atoms with E-state index < -0.39 is 5.82 Å². The van der Waals surface area contributed by atoms with Crippen molar-refractivity contribution in [1.29, 1.82) is 0 Å². The fourth-order valence-electron chi connectivity index (χ4n) is 2.79. The van der Waals surface area contributed by atoms with Crippen LogP contribution >= 0.6 is 0 Å². The molecule has 0 aliphatic carbocycles. The molecule has 2 aromatic heterocycles. The maximum atomic E-state index is 14.2. The molecule has 1 N–H and O–H groups in total. The van der Waals surface area contributed by atoms with Crippen molar-refractivity contribution in [2.75, 3.05) is 17.3 Å². The van der Waals surface area contributed by atoms with Crippen LogP contribution < -0.4 is 10.2 Å². The van der Waals surface area contributed by atoms with Crippen LogP contribution in [0.4, 0.5) is 21.6 Å². The summed E-state index contributed by atoms with van der Waals surface area (Å²) < 4.78 is 15.6. The molecule has 7 nitrogen and oxygen atoms in total. The van der Waals surface area contributed by atoms with Gasteiger partial charge in [-0.3, -0.25) is 4.79 Å². The molecule has 0 saturated heterocycles. The van der Waals surface area contributed by atoms with Crippen LogP contribution in [0.5, 0.6) is 0 Å². The lowest BCUT2D eigenvalue weighted by Crippen LogP contribution is -2.22. The molecule has 8 heteroatoms. The lowest BCUT2D eigenvalue weighted by molar-refractivity contribution is -0.116. The first kappa shape index (κ1) is 17.6. The van der Waals surface area contributed by atoms with Gasteiger partial charge in [-0.05, 0) is 42.5 Å². The number of aromatic nitrogens is 4. The molecule has 0 fully saturated rings. The van der Waals surface area contributed by atoms with Crippen LogP contribution in [0.2, 0.25) is 0 Å². The van der Waals surface area contributed by atoms with E-state index in [2.05, 4.69) is 20.6 Å². The van der Waals surface area contributed by atoms with Gasteiger partial charge in [-0.2, -0.15) is 4.52 Å². The smallest absolute Gasteiger partial charge is 0.223 e. The van der Waals surface area contributed by atoms with Crippen LogP contribution in [0.1, 0.15) is 6.92 Å². The number of hydrogen-bond donors (Lipinski definition) is 1. The number of rotatable bonds is 4. The van der Waals surface area contributed by atoms with Crippen molar-refractivity contribution in [3.63, 3.8) is 0 Å². The van der Waals surface area contributed by atoms with Crippen LogP contribution in [0.25, 0.3) is 17.0 Å². The fraction of sp³-hybridized carbons (Fsp3) is 0.100. The van der Waals surface area contributed by atoms with Gasteiger partial charge in [0.15, 0.2) is 17.3 Å². The van der Waals surface area contributed by atoms with Gasteiger partial charge in [0, 0.05) is 25.3 Å². The predicted molar refractivity (Wildman–Crippen MR) is 105 cm³/mol. The maximum Gasteiger partial charge on any atom is 0.223 e. The second-order valence-corrected chi connectivity index (χ2v) is 6.25. The summed E-state index contributed by atoms with van der Waals surface area (Å²) in [6.45, 7) is 1.51. The molecule has 0 aliphatic rings. The Morgan fingerprint density at radius 2 is 1.89 bits per heavy atom. The SMILES string of the molecule is CC(=O)N(C)c1cccc(Nc2ccc3nnc(-c4ccccc4F)n3n2)c1. The Morgan fingerprint density at radius 1 is 1.07 bits per heavy atom. The third kappa shape index (κ3) is 3.27. The van der Waals surface area contributed by atoms with Crippen LogP contribution in [0, 0.1) is 5.82 Å². The number of nitrogens with one attached hydrogen (secondary N) is 1. The van der Waals surface area contributed by atoms with Crippen LogP contribution in [-0.2, 0) is 4.79 Å². The quantitative estimate of drug-likeness (QED) is 0.588. The summed E-state index contributed by atoms with van der Waals surface area (Å²) >= 11 is 0. The number of anilines is 3. The molecular weight excluding hydrogens is 359 g/mol. The van der Waals surface area contributed by atoms with Crippen molar-refractivity contribution in [1.82, 2.24) is 19.8 Å². The summed E-state index contributed by atoms with van der Waals surface area (Å²) in [5.41, 5.74) is 2.35. The van der Waals surface area contributed by atoms with E-state index in [1.54, 1.807) is 42.3 Å². The molecule has 2 aromatic carbocycles. The van der Waals surface area contributed by atoms with Crippen LogP contribution in [0.15, 0.2) is 60.7 Å². The number of halogens is 1. The summed E-state index contributed by atoms with van der Waals surface area (Å²) in [6, 6.07) is 17.3. The second-order valence-electron chi connectivity index (χ2n) is 6.25. The van der Waals surface area contributed by atoms with Crippen molar-refractivity contribution >= 4 is 28.7 Å². The van der Waals surface area contributed by atoms with Gasteiger partial charge >= 0.3 is 0 Å². The third-order valence-electron chi connectivity index (χ3n) is 4.36. The Morgan fingerprint density at radius 3 is 2.68 bits per heavy atom. The number of hydrogen-bond acceptors (Lipinski definition) is 5. The first-order valence-electron chi connectivity index (χ1n) is 8.61. The lowest BCUT2D eigenvalue weighted by Gasteiger charge is -2.16. The first-order chi connectivity index (χ1) is 13.5. The minimum atomic E-state index is -0.392. The molecular formula is C20H17FN6O. The number of carbonyl (C=O) groups is 1. The van der Waals surface area contributed by atoms with Crippen molar-refractivity contribution < 1.29 is 9.18 Å². The molecule has 4 rings (SSSR count). The topological polar surface area (TPSA) is 75.4 Å². The Balaban J connectivity index is 1.69. The van der Waals surface area contributed by atoms with Gasteiger partial charge in [0.1, 0.15) is 5.82 Å². The molecule has 0 unspecified atom stereocenters. The molecule has 0 radical (unpaired) electrons. The first-order valence-corrected chi connectivity index (χ1v) is 8.61. The van der Waals surface area contributed by atoms with Crippen molar-refractivity contribution in [3.05, 3.63) is 66.5 Å². The fourth-order valence-corrected chi connectivity index (χ4v) is 2.79. The van der Waals surface area contributed by atoms with E-state index >= 15 is 0 Å². The molecule has 28 heavy (non-hydrogen) atoms. The molecule has 4 aromatic rings. The standard InChI is InChI=1S/C20H17FN6O/c1-13(28)26(2)15-7-5-6-14(12-15)22-18-10-11-19-23-24-20(27(19)25-18)16-8-3-4-9-17(16)21/h3-12H,1-2H3,(H,22,25). The Kier molecular flexibility index (Phi) is 4.44. The van der Waals surface area contributed by atoms with Gasteiger partial charge in [0.05, 0.1) is 5.56 Å². The van der Waals surface area contributed by atoms with Crippen LogP contribution in [0.3, 0.4) is 0 Å². The van der Waals surface area contributed by atoms with Crippen molar-refractivity contribution in [3.8, 4) is 11.4 Å². The number of amides is 1. The summed E-state index contributed by atoms with van der Waals surface area (Å²) in [7, 11) is 1.71. The maximum absolute atomic E-state index is 14.2. The number of carbonyl (C=O) groups excluding carboxylic acids is 1. The Hall–Kier alpha value is -3.81. The zero-order valence-electron chi connectivity index (χ0n) is 15.3. The van der Waals surface area contributed by atoms with E-state index in [9.17, 15) is 9.18 Å². The summed E-state index contributed by atoms with van der Waals surface area (Å²) in [6.07, 6.45) is 0. The van der Waals surface area contributed by atoms with Gasteiger partial charge in [0.25, 0.3) is 0 Å². The molecule has 0 saturated carbocycles. The highest BCUT2D eigenvalue weighted by Crippen LogP contribution is 2.24. The summed E-state index contributed by atoms with van der Waals surface area (Å²) in [4.78, 5) is 13.1. The highest BCUT2D eigenvalue weighted by Gasteiger charge is 2.14. The summed E-state index contributed by atoms with van der Waals surface area (Å²) in [5, 5.41) is 15.8. The second kappa shape index (κ2) is 7.07. The molecule has 0 atom stereocenters. The average Bonchev–Trinajstić information content (AvgIpc) is 3.11. The minimum absolute atomic E-state index is 0.0595. The van der Waals surface area contributed by atoms with E-state index in [0.717, 1.165) is 11.4 Å². The average molecular weight is 376 g/mol. The van der Waals surface area contributed by atoms with Crippen molar-refractivity contribution in [2.24, 2.45) is 0 Å². The van der Waals surface area contributed by atoms with E-state index in [4.69, 9.17) is 0 Å². The monoisotopic (exact) mass is 376 g/mol. The molecule has 0 aliphatic heterocycles.